The van der Waals surface area contributed by atoms with E-state index in [1.54, 1.807) is 7.05 Å². The van der Waals surface area contributed by atoms with Crippen LogP contribution in [0.15, 0.2) is 18.2 Å². The molecule has 0 unspecified atom stereocenters. The molecule has 1 aromatic heterocycles. The van der Waals surface area contributed by atoms with Gasteiger partial charge in [-0.15, -0.1) is 0 Å². The van der Waals surface area contributed by atoms with E-state index in [0.29, 0.717) is 5.82 Å². The summed E-state index contributed by atoms with van der Waals surface area (Å²) >= 11 is 5.53. The van der Waals surface area contributed by atoms with Gasteiger partial charge >= 0.3 is 0 Å². The van der Waals surface area contributed by atoms with Crippen LogP contribution in [0.2, 0.25) is 5.02 Å². The Balaban J connectivity index is 2.63. The van der Waals surface area contributed by atoms with Crippen molar-refractivity contribution in [3.63, 3.8) is 0 Å². The van der Waals surface area contributed by atoms with Gasteiger partial charge in [0.15, 0.2) is 5.82 Å². The molecular weight excluding hydrogens is 236 g/mol. The number of nitrogens with two attached hydrogens (primary N) is 1. The van der Waals surface area contributed by atoms with E-state index >= 15 is 0 Å². The fourth-order valence-electron chi connectivity index (χ4n) is 1.36. The highest BCUT2D eigenvalue weighted by atomic mass is 35.5. The zero-order chi connectivity index (χ0) is 11.9. The monoisotopic (exact) mass is 243 g/mol. The average molecular weight is 244 g/mol. The second kappa shape index (κ2) is 3.75. The molecule has 0 aliphatic rings. The van der Waals surface area contributed by atoms with Gasteiger partial charge in [0, 0.05) is 18.7 Å². The minimum Gasteiger partial charge on any atom is -0.384 e. The standard InChI is InChI=1S/C10H8ClF2N3/c1-16-9(14)4-8(15-16)6-2-5(12)3-7(11)10(6)13/h2-4H,14H2,1H3. The first-order valence-electron chi connectivity index (χ1n) is 4.43. The molecule has 3 nitrogen and oxygen atoms in total. The molecule has 0 spiro atoms. The molecule has 84 valence electrons. The third kappa shape index (κ3) is 1.74. The number of halogens is 3. The Morgan fingerprint density at radius 3 is 2.56 bits per heavy atom. The van der Waals surface area contributed by atoms with Crippen LogP contribution in [0, 0.1) is 11.6 Å². The lowest BCUT2D eigenvalue weighted by Gasteiger charge is -2.01. The number of nitrogens with zero attached hydrogens (tertiary/aromatic N) is 2. The number of hydrogen-bond acceptors (Lipinski definition) is 2. The second-order valence-electron chi connectivity index (χ2n) is 3.33. The van der Waals surface area contributed by atoms with Crippen LogP contribution >= 0.6 is 11.6 Å². The van der Waals surface area contributed by atoms with E-state index < -0.39 is 11.6 Å². The van der Waals surface area contributed by atoms with Gasteiger partial charge in [0.1, 0.15) is 11.6 Å². The molecule has 6 heteroatoms. The van der Waals surface area contributed by atoms with E-state index in [-0.39, 0.29) is 16.3 Å². The van der Waals surface area contributed by atoms with E-state index in [9.17, 15) is 8.78 Å². The van der Waals surface area contributed by atoms with Gasteiger partial charge in [0.2, 0.25) is 0 Å². The van der Waals surface area contributed by atoms with E-state index in [2.05, 4.69) is 5.10 Å². The van der Waals surface area contributed by atoms with Gasteiger partial charge in [0.25, 0.3) is 0 Å². The van der Waals surface area contributed by atoms with E-state index in [0.717, 1.165) is 12.1 Å². The molecule has 0 radical (unpaired) electrons. The minimum atomic E-state index is -0.707. The Morgan fingerprint density at radius 2 is 2.00 bits per heavy atom. The maximum atomic E-state index is 13.6. The van der Waals surface area contributed by atoms with Crippen LogP contribution in [-0.2, 0) is 7.05 Å². The predicted octanol–water partition coefficient (Wildman–Crippen LogP) is 2.60. The van der Waals surface area contributed by atoms with Gasteiger partial charge in [-0.3, -0.25) is 4.68 Å². The van der Waals surface area contributed by atoms with Crippen molar-refractivity contribution in [1.29, 1.82) is 0 Å². The summed E-state index contributed by atoms with van der Waals surface area (Å²) in [5.41, 5.74) is 5.80. The van der Waals surface area contributed by atoms with Gasteiger partial charge in [-0.25, -0.2) is 8.78 Å². The molecule has 0 aliphatic heterocycles. The predicted molar refractivity (Wildman–Crippen MR) is 58.0 cm³/mol. The highest BCUT2D eigenvalue weighted by Gasteiger charge is 2.14. The van der Waals surface area contributed by atoms with E-state index in [1.807, 2.05) is 0 Å². The fourth-order valence-corrected chi connectivity index (χ4v) is 1.56. The molecule has 1 heterocycles. The number of anilines is 1. The largest absolute Gasteiger partial charge is 0.384 e. The van der Waals surface area contributed by atoms with Gasteiger partial charge in [0.05, 0.1) is 10.7 Å². The number of hydrogen-bond donors (Lipinski definition) is 1. The van der Waals surface area contributed by atoms with Crippen molar-refractivity contribution in [2.45, 2.75) is 0 Å². The van der Waals surface area contributed by atoms with Gasteiger partial charge in [-0.2, -0.15) is 5.10 Å². The lowest BCUT2D eigenvalue weighted by atomic mass is 10.1. The molecule has 0 saturated carbocycles. The first-order chi connectivity index (χ1) is 7.49. The highest BCUT2D eigenvalue weighted by molar-refractivity contribution is 6.31. The molecule has 0 aliphatic carbocycles. The number of rotatable bonds is 1. The molecule has 2 N–H and O–H groups in total. The Morgan fingerprint density at radius 1 is 1.31 bits per heavy atom. The summed E-state index contributed by atoms with van der Waals surface area (Å²) in [6.45, 7) is 0. The van der Waals surface area contributed by atoms with Crippen LogP contribution in [0.3, 0.4) is 0 Å². The topological polar surface area (TPSA) is 43.8 Å². The summed E-state index contributed by atoms with van der Waals surface area (Å²) in [7, 11) is 1.61. The summed E-state index contributed by atoms with van der Waals surface area (Å²) in [6, 6.07) is 3.39. The molecule has 0 atom stereocenters. The van der Waals surface area contributed by atoms with Crippen LogP contribution in [-0.4, -0.2) is 9.78 Å². The van der Waals surface area contributed by atoms with Crippen molar-refractivity contribution >= 4 is 17.4 Å². The lowest BCUT2D eigenvalue weighted by Crippen LogP contribution is -1.97. The molecule has 2 rings (SSSR count). The normalized spacial score (nSPS) is 10.8. The number of aryl methyl sites for hydroxylation is 1. The molecule has 0 fully saturated rings. The summed E-state index contributed by atoms with van der Waals surface area (Å²) in [5, 5.41) is 3.67. The van der Waals surface area contributed by atoms with Crippen molar-refractivity contribution in [2.75, 3.05) is 5.73 Å². The Labute approximate surface area is 95.4 Å². The molecule has 0 amide bonds. The Kier molecular flexibility index (Phi) is 2.55. The number of benzene rings is 1. The summed E-state index contributed by atoms with van der Waals surface area (Å²) < 4.78 is 28.1. The van der Waals surface area contributed by atoms with Crippen LogP contribution in [0.1, 0.15) is 0 Å². The van der Waals surface area contributed by atoms with Crippen molar-refractivity contribution < 1.29 is 8.78 Å². The summed E-state index contributed by atoms with van der Waals surface area (Å²) in [5.74, 6) is -0.971. The van der Waals surface area contributed by atoms with Crippen molar-refractivity contribution in [3.05, 3.63) is 34.9 Å². The first-order valence-corrected chi connectivity index (χ1v) is 4.81. The van der Waals surface area contributed by atoms with Crippen molar-refractivity contribution in [3.8, 4) is 11.3 Å². The Hall–Kier alpha value is -1.62. The third-order valence-electron chi connectivity index (χ3n) is 2.18. The van der Waals surface area contributed by atoms with Crippen LogP contribution in [0.5, 0.6) is 0 Å². The molecule has 2 aromatic rings. The molecule has 0 bridgehead atoms. The second-order valence-corrected chi connectivity index (χ2v) is 3.73. The van der Waals surface area contributed by atoms with E-state index in [4.69, 9.17) is 17.3 Å². The van der Waals surface area contributed by atoms with Crippen LogP contribution in [0.25, 0.3) is 11.3 Å². The molecule has 1 aromatic carbocycles. The summed E-state index contributed by atoms with van der Waals surface area (Å²) in [6.07, 6.45) is 0. The zero-order valence-electron chi connectivity index (χ0n) is 8.34. The van der Waals surface area contributed by atoms with Crippen molar-refractivity contribution in [1.82, 2.24) is 9.78 Å². The molecule has 16 heavy (non-hydrogen) atoms. The lowest BCUT2D eigenvalue weighted by molar-refractivity contribution is 0.602. The fraction of sp³-hybridized carbons (Fsp3) is 0.100. The maximum absolute atomic E-state index is 13.6. The summed E-state index contributed by atoms with van der Waals surface area (Å²) in [4.78, 5) is 0. The van der Waals surface area contributed by atoms with Crippen LogP contribution < -0.4 is 5.73 Å². The third-order valence-corrected chi connectivity index (χ3v) is 2.46. The van der Waals surface area contributed by atoms with Gasteiger partial charge in [-0.1, -0.05) is 11.6 Å². The smallest absolute Gasteiger partial charge is 0.151 e. The zero-order valence-corrected chi connectivity index (χ0v) is 9.09. The van der Waals surface area contributed by atoms with Crippen molar-refractivity contribution in [2.24, 2.45) is 7.05 Å². The SMILES string of the molecule is Cn1nc(-c2cc(F)cc(Cl)c2F)cc1N. The minimum absolute atomic E-state index is 0.00250. The number of aromatic nitrogens is 2. The average Bonchev–Trinajstić information content (AvgIpc) is 2.53. The van der Waals surface area contributed by atoms with E-state index in [1.165, 1.54) is 10.7 Å². The molecular formula is C10H8ClF2N3. The number of nitrogen functional groups attached to an aromatic ring is 1. The quantitative estimate of drug-likeness (QED) is 0.783. The maximum Gasteiger partial charge on any atom is 0.151 e. The van der Waals surface area contributed by atoms with Crippen LogP contribution in [0.4, 0.5) is 14.6 Å². The first kappa shape index (κ1) is 10.9. The van der Waals surface area contributed by atoms with Gasteiger partial charge < -0.3 is 5.73 Å². The molecule has 0 saturated heterocycles. The Bertz CT molecular complexity index is 532. The van der Waals surface area contributed by atoms with Gasteiger partial charge in [-0.05, 0) is 12.1 Å². The highest BCUT2D eigenvalue weighted by Crippen LogP contribution is 2.28.